The van der Waals surface area contributed by atoms with Crippen LogP contribution in [0.1, 0.15) is 0 Å². The predicted octanol–water partition coefficient (Wildman–Crippen LogP) is 16.6. The van der Waals surface area contributed by atoms with E-state index in [-0.39, 0.29) is 0 Å². The first-order chi connectivity index (χ1) is 33.2. The number of nitrogens with zero attached hydrogens (tertiary/aromatic N) is 4. The Balaban J connectivity index is 1.04. The molecule has 0 aliphatic heterocycles. The quantitative estimate of drug-likeness (QED) is 0.145. The summed E-state index contributed by atoms with van der Waals surface area (Å²) in [5.41, 5.74) is 15.5. The van der Waals surface area contributed by atoms with Crippen molar-refractivity contribution in [1.82, 2.24) is 19.9 Å². The second kappa shape index (κ2) is 17.4. The van der Waals surface area contributed by atoms with Crippen molar-refractivity contribution in [1.29, 1.82) is 0 Å². The average molecular weight is 873 g/mol. The summed E-state index contributed by atoms with van der Waals surface area (Å²) in [5, 5.41) is 2.55. The first-order valence-electron chi connectivity index (χ1n) is 22.5. The van der Waals surface area contributed by atoms with Gasteiger partial charge in [0.15, 0.2) is 17.5 Å². The van der Waals surface area contributed by atoms with Crippen LogP contribution in [0.4, 0.5) is 0 Å². The second-order valence-corrected chi connectivity index (χ2v) is 17.6. The molecule has 12 aromatic rings. The number of aromatic nitrogens is 4. The highest BCUT2D eigenvalue weighted by atomic mass is 32.1. The molecule has 0 fully saturated rings. The number of benzene rings is 9. The van der Waals surface area contributed by atoms with Crippen molar-refractivity contribution in [2.24, 2.45) is 0 Å². The largest absolute Gasteiger partial charge is 0.246 e. The van der Waals surface area contributed by atoms with Gasteiger partial charge in [-0.2, -0.15) is 0 Å². The van der Waals surface area contributed by atoms with Crippen LogP contribution in [0.25, 0.3) is 121 Å². The van der Waals surface area contributed by atoms with Gasteiger partial charge in [-0.25, -0.2) is 19.9 Å². The van der Waals surface area contributed by atoms with E-state index in [4.69, 9.17) is 19.9 Å². The van der Waals surface area contributed by atoms with E-state index in [1.54, 1.807) is 0 Å². The monoisotopic (exact) mass is 872 g/mol. The molecule has 3 aromatic heterocycles. The molecule has 12 rings (SSSR count). The zero-order valence-corrected chi connectivity index (χ0v) is 37.1. The number of hydrogen-bond acceptors (Lipinski definition) is 5. The van der Waals surface area contributed by atoms with E-state index in [9.17, 15) is 0 Å². The van der Waals surface area contributed by atoms with Crippen LogP contribution in [-0.4, -0.2) is 19.9 Å². The topological polar surface area (TPSA) is 51.6 Å². The molecule has 0 aliphatic rings. The summed E-state index contributed by atoms with van der Waals surface area (Å²) in [6.45, 7) is 0. The Morgan fingerprint density at radius 3 is 1.21 bits per heavy atom. The van der Waals surface area contributed by atoms with Crippen LogP contribution >= 0.6 is 11.3 Å². The molecule has 0 radical (unpaired) electrons. The summed E-state index contributed by atoms with van der Waals surface area (Å²) >= 11 is 1.84. The van der Waals surface area contributed by atoms with Crippen LogP contribution in [0.15, 0.2) is 243 Å². The third kappa shape index (κ3) is 7.57. The lowest BCUT2D eigenvalue weighted by atomic mass is 9.83. The Morgan fingerprint density at radius 2 is 0.642 bits per heavy atom. The standard InChI is InChI=1S/C62H40N4S/c1-6-20-41(21-7-1)55-54(56(42-22-8-2-9-23-42)58(45-26-12-4-13-27-45)63-57(55)44-24-10-3-11-25-44)43-36-38-47(39-37-43)61-64-60(46-28-14-5-15-29-46)65-62(66-61)49-31-18-30-48(40-49)50-33-19-34-52-51-32-16-17-35-53(51)67-59(50)52/h1-40H. The van der Waals surface area contributed by atoms with Gasteiger partial charge in [0.1, 0.15) is 0 Å². The van der Waals surface area contributed by atoms with Crippen molar-refractivity contribution in [3.63, 3.8) is 0 Å². The van der Waals surface area contributed by atoms with Crippen LogP contribution in [-0.2, 0) is 0 Å². The van der Waals surface area contributed by atoms with Crippen molar-refractivity contribution in [3.05, 3.63) is 243 Å². The van der Waals surface area contributed by atoms with Crippen molar-refractivity contribution in [3.8, 4) is 101 Å². The van der Waals surface area contributed by atoms with E-state index in [0.29, 0.717) is 17.5 Å². The maximum Gasteiger partial charge on any atom is 0.164 e. The summed E-state index contributed by atoms with van der Waals surface area (Å²) in [5.74, 6) is 1.84. The summed E-state index contributed by atoms with van der Waals surface area (Å²) in [6.07, 6.45) is 0. The molecule has 314 valence electrons. The zero-order valence-electron chi connectivity index (χ0n) is 36.3. The van der Waals surface area contributed by atoms with Gasteiger partial charge in [0, 0.05) is 64.7 Å². The summed E-state index contributed by atoms with van der Waals surface area (Å²) in [7, 11) is 0. The molecule has 0 saturated heterocycles. The Labute approximate surface area is 393 Å². The highest BCUT2D eigenvalue weighted by Gasteiger charge is 2.25. The first kappa shape index (κ1) is 39.9. The zero-order chi connectivity index (χ0) is 44.5. The van der Waals surface area contributed by atoms with Gasteiger partial charge in [0.2, 0.25) is 0 Å². The van der Waals surface area contributed by atoms with Gasteiger partial charge in [-0.15, -0.1) is 11.3 Å². The lowest BCUT2D eigenvalue weighted by molar-refractivity contribution is 1.07. The molecule has 0 spiro atoms. The van der Waals surface area contributed by atoms with E-state index in [1.807, 2.05) is 29.5 Å². The molecule has 0 bridgehead atoms. The maximum absolute atomic E-state index is 5.62. The van der Waals surface area contributed by atoms with Gasteiger partial charge < -0.3 is 0 Å². The molecule has 0 aliphatic carbocycles. The molecule has 5 heteroatoms. The Kier molecular flexibility index (Phi) is 10.4. The molecule has 4 nitrogen and oxygen atoms in total. The van der Waals surface area contributed by atoms with Crippen molar-refractivity contribution >= 4 is 31.5 Å². The Morgan fingerprint density at radius 1 is 0.254 bits per heavy atom. The van der Waals surface area contributed by atoms with Gasteiger partial charge in [-0.1, -0.05) is 231 Å². The molecule has 67 heavy (non-hydrogen) atoms. The number of pyridine rings is 1. The highest BCUT2D eigenvalue weighted by molar-refractivity contribution is 7.26. The van der Waals surface area contributed by atoms with Crippen LogP contribution in [0.2, 0.25) is 0 Å². The highest BCUT2D eigenvalue weighted by Crippen LogP contribution is 2.49. The normalized spacial score (nSPS) is 11.3. The molecule has 3 heterocycles. The molecular formula is C62H40N4S. The van der Waals surface area contributed by atoms with Gasteiger partial charge >= 0.3 is 0 Å². The fraction of sp³-hybridized carbons (Fsp3) is 0. The van der Waals surface area contributed by atoms with Crippen LogP contribution in [0.5, 0.6) is 0 Å². The lowest BCUT2D eigenvalue weighted by Gasteiger charge is -2.23. The van der Waals surface area contributed by atoms with E-state index in [1.165, 1.54) is 25.7 Å². The van der Waals surface area contributed by atoms with Gasteiger partial charge in [0.25, 0.3) is 0 Å². The van der Waals surface area contributed by atoms with Gasteiger partial charge in [-0.05, 0) is 39.9 Å². The fourth-order valence-corrected chi connectivity index (χ4v) is 10.4. The Hall–Kier alpha value is -8.64. The summed E-state index contributed by atoms with van der Waals surface area (Å²) in [4.78, 5) is 21.2. The average Bonchev–Trinajstić information content (AvgIpc) is 3.81. The number of thiophene rings is 1. The predicted molar refractivity (Wildman–Crippen MR) is 279 cm³/mol. The minimum absolute atomic E-state index is 0.601. The summed E-state index contributed by atoms with van der Waals surface area (Å²) in [6, 6.07) is 85.1. The fourth-order valence-electron chi connectivity index (χ4n) is 9.19. The second-order valence-electron chi connectivity index (χ2n) is 16.5. The van der Waals surface area contributed by atoms with Crippen LogP contribution in [0.3, 0.4) is 0 Å². The molecular weight excluding hydrogens is 833 g/mol. The van der Waals surface area contributed by atoms with Gasteiger partial charge in [0.05, 0.1) is 11.4 Å². The Bertz CT molecular complexity index is 3600. The van der Waals surface area contributed by atoms with E-state index in [0.717, 1.165) is 78.1 Å². The first-order valence-corrected chi connectivity index (χ1v) is 23.3. The van der Waals surface area contributed by atoms with E-state index >= 15 is 0 Å². The van der Waals surface area contributed by atoms with Crippen LogP contribution < -0.4 is 0 Å². The SMILES string of the molecule is c1ccc(-c2nc(-c3ccc(-c4c(-c5ccccc5)c(-c5ccccc5)nc(-c5ccccc5)c4-c4ccccc4)cc3)nc(-c3cccc(-c4cccc5c4sc4ccccc45)c3)n2)cc1. The third-order valence-electron chi connectivity index (χ3n) is 12.4. The minimum atomic E-state index is 0.601. The molecule has 0 amide bonds. The number of hydrogen-bond donors (Lipinski definition) is 0. The summed E-state index contributed by atoms with van der Waals surface area (Å²) < 4.78 is 2.56. The molecule has 0 unspecified atom stereocenters. The number of fused-ring (bicyclic) bond motifs is 3. The van der Waals surface area contributed by atoms with Gasteiger partial charge in [-0.3, -0.25) is 0 Å². The minimum Gasteiger partial charge on any atom is -0.246 e. The van der Waals surface area contributed by atoms with Crippen LogP contribution in [0, 0.1) is 0 Å². The number of rotatable bonds is 9. The van der Waals surface area contributed by atoms with E-state index < -0.39 is 0 Å². The maximum atomic E-state index is 5.62. The molecule has 0 atom stereocenters. The molecule has 0 N–H and O–H groups in total. The molecule has 9 aromatic carbocycles. The third-order valence-corrected chi connectivity index (χ3v) is 13.6. The van der Waals surface area contributed by atoms with Crippen molar-refractivity contribution in [2.75, 3.05) is 0 Å². The smallest absolute Gasteiger partial charge is 0.164 e. The van der Waals surface area contributed by atoms with Crippen molar-refractivity contribution in [2.45, 2.75) is 0 Å². The lowest BCUT2D eigenvalue weighted by Crippen LogP contribution is -2.02. The molecule has 0 saturated carbocycles. The van der Waals surface area contributed by atoms with E-state index in [2.05, 4.69) is 224 Å². The van der Waals surface area contributed by atoms with Crippen molar-refractivity contribution < 1.29 is 0 Å².